The molecule has 0 fully saturated rings. The SMILES string of the molecule is CCCCN(CCO)C(=O)C(N)c1ccccc1. The first kappa shape index (κ1) is 14.7. The highest BCUT2D eigenvalue weighted by Crippen LogP contribution is 2.13. The highest BCUT2D eigenvalue weighted by Gasteiger charge is 2.21. The van der Waals surface area contributed by atoms with E-state index in [1.165, 1.54) is 0 Å². The molecule has 1 rings (SSSR count). The van der Waals surface area contributed by atoms with Gasteiger partial charge in [-0.15, -0.1) is 0 Å². The summed E-state index contributed by atoms with van der Waals surface area (Å²) in [6.07, 6.45) is 1.93. The van der Waals surface area contributed by atoms with Crippen molar-refractivity contribution in [2.45, 2.75) is 25.8 Å². The van der Waals surface area contributed by atoms with E-state index in [1.54, 1.807) is 4.90 Å². The molecule has 0 aliphatic carbocycles. The number of nitrogens with zero attached hydrogens (tertiary/aromatic N) is 1. The molecule has 3 N–H and O–H groups in total. The number of aliphatic hydroxyl groups excluding tert-OH is 1. The Balaban J connectivity index is 2.69. The molecule has 0 spiro atoms. The molecule has 4 heteroatoms. The first-order valence-electron chi connectivity index (χ1n) is 6.40. The third-order valence-electron chi connectivity index (χ3n) is 2.89. The van der Waals surface area contributed by atoms with Crippen LogP contribution in [0.15, 0.2) is 30.3 Å². The van der Waals surface area contributed by atoms with Gasteiger partial charge in [0.05, 0.1) is 6.61 Å². The lowest BCUT2D eigenvalue weighted by Gasteiger charge is -2.25. The van der Waals surface area contributed by atoms with Crippen LogP contribution in [-0.4, -0.2) is 35.6 Å². The largest absolute Gasteiger partial charge is 0.395 e. The van der Waals surface area contributed by atoms with Gasteiger partial charge in [-0.1, -0.05) is 43.7 Å². The summed E-state index contributed by atoms with van der Waals surface area (Å²) in [5.74, 6) is -0.122. The first-order valence-corrected chi connectivity index (χ1v) is 6.40. The molecule has 1 amide bonds. The van der Waals surface area contributed by atoms with Crippen molar-refractivity contribution < 1.29 is 9.90 Å². The summed E-state index contributed by atoms with van der Waals surface area (Å²) in [5.41, 5.74) is 6.78. The molecule has 4 nitrogen and oxygen atoms in total. The van der Waals surface area contributed by atoms with Crippen molar-refractivity contribution in [3.63, 3.8) is 0 Å². The van der Waals surface area contributed by atoms with Gasteiger partial charge in [0.2, 0.25) is 5.91 Å². The Morgan fingerprint density at radius 3 is 2.56 bits per heavy atom. The van der Waals surface area contributed by atoms with Crippen molar-refractivity contribution in [1.29, 1.82) is 0 Å². The lowest BCUT2D eigenvalue weighted by atomic mass is 10.1. The van der Waals surface area contributed by atoms with Gasteiger partial charge in [-0.3, -0.25) is 4.79 Å². The summed E-state index contributed by atoms with van der Waals surface area (Å²) in [6.45, 7) is 3.03. The molecule has 1 atom stereocenters. The van der Waals surface area contributed by atoms with E-state index in [2.05, 4.69) is 6.92 Å². The molecule has 18 heavy (non-hydrogen) atoms. The highest BCUT2D eigenvalue weighted by atomic mass is 16.3. The molecule has 0 radical (unpaired) electrons. The fourth-order valence-corrected chi connectivity index (χ4v) is 1.80. The van der Waals surface area contributed by atoms with Gasteiger partial charge in [-0.25, -0.2) is 0 Å². The fraction of sp³-hybridized carbons (Fsp3) is 0.500. The lowest BCUT2D eigenvalue weighted by Crippen LogP contribution is -2.40. The van der Waals surface area contributed by atoms with Gasteiger partial charge in [0.25, 0.3) is 0 Å². The van der Waals surface area contributed by atoms with Crippen molar-refractivity contribution in [2.75, 3.05) is 19.7 Å². The predicted molar refractivity (Wildman–Crippen MR) is 71.9 cm³/mol. The van der Waals surface area contributed by atoms with Gasteiger partial charge in [-0.05, 0) is 12.0 Å². The van der Waals surface area contributed by atoms with E-state index < -0.39 is 6.04 Å². The summed E-state index contributed by atoms with van der Waals surface area (Å²) in [5, 5.41) is 9.00. The van der Waals surface area contributed by atoms with E-state index in [4.69, 9.17) is 10.8 Å². The molecule has 0 saturated carbocycles. The van der Waals surface area contributed by atoms with Crippen molar-refractivity contribution in [1.82, 2.24) is 4.90 Å². The molecule has 0 aliphatic rings. The summed E-state index contributed by atoms with van der Waals surface area (Å²) >= 11 is 0. The van der Waals surface area contributed by atoms with Gasteiger partial charge in [0.15, 0.2) is 0 Å². The van der Waals surface area contributed by atoms with Crippen LogP contribution in [0.4, 0.5) is 0 Å². The number of nitrogens with two attached hydrogens (primary N) is 1. The van der Waals surface area contributed by atoms with Crippen LogP contribution in [-0.2, 0) is 4.79 Å². The normalized spacial score (nSPS) is 12.2. The minimum absolute atomic E-state index is 0.0308. The van der Waals surface area contributed by atoms with Crippen LogP contribution in [0.25, 0.3) is 0 Å². The van der Waals surface area contributed by atoms with Gasteiger partial charge in [-0.2, -0.15) is 0 Å². The van der Waals surface area contributed by atoms with E-state index in [0.29, 0.717) is 13.1 Å². The fourth-order valence-electron chi connectivity index (χ4n) is 1.80. The zero-order valence-electron chi connectivity index (χ0n) is 10.9. The van der Waals surface area contributed by atoms with Gasteiger partial charge in [0, 0.05) is 13.1 Å². The van der Waals surface area contributed by atoms with Crippen LogP contribution in [0.2, 0.25) is 0 Å². The number of benzene rings is 1. The van der Waals surface area contributed by atoms with Crippen molar-refractivity contribution >= 4 is 5.91 Å². The number of amides is 1. The Morgan fingerprint density at radius 1 is 1.33 bits per heavy atom. The zero-order chi connectivity index (χ0) is 13.4. The summed E-state index contributed by atoms with van der Waals surface area (Å²) in [7, 11) is 0. The van der Waals surface area contributed by atoms with Crippen LogP contribution in [0.1, 0.15) is 31.4 Å². The minimum atomic E-state index is -0.644. The van der Waals surface area contributed by atoms with Crippen LogP contribution < -0.4 is 5.73 Å². The van der Waals surface area contributed by atoms with E-state index in [9.17, 15) is 4.79 Å². The molecule has 1 aromatic rings. The van der Waals surface area contributed by atoms with Gasteiger partial charge in [0.1, 0.15) is 6.04 Å². The van der Waals surface area contributed by atoms with E-state index in [0.717, 1.165) is 18.4 Å². The second kappa shape index (κ2) is 7.84. The summed E-state index contributed by atoms with van der Waals surface area (Å²) in [4.78, 5) is 13.9. The maximum Gasteiger partial charge on any atom is 0.244 e. The van der Waals surface area contributed by atoms with Gasteiger partial charge >= 0.3 is 0 Å². The topological polar surface area (TPSA) is 66.6 Å². The Hall–Kier alpha value is -1.39. The Kier molecular flexibility index (Phi) is 6.39. The standard InChI is InChI=1S/C14H22N2O2/c1-2-3-9-16(10-11-17)14(18)13(15)12-7-5-4-6-8-12/h4-8,13,17H,2-3,9-11,15H2,1H3. The summed E-state index contributed by atoms with van der Waals surface area (Å²) in [6, 6.07) is 8.67. The smallest absolute Gasteiger partial charge is 0.244 e. The first-order chi connectivity index (χ1) is 8.70. The summed E-state index contributed by atoms with van der Waals surface area (Å²) < 4.78 is 0. The Morgan fingerprint density at radius 2 is 2.00 bits per heavy atom. The molecule has 0 saturated heterocycles. The average Bonchev–Trinajstić information content (AvgIpc) is 2.43. The van der Waals surface area contributed by atoms with Crippen molar-refractivity contribution in [3.8, 4) is 0 Å². The van der Waals surface area contributed by atoms with Crippen LogP contribution in [0.3, 0.4) is 0 Å². The van der Waals surface area contributed by atoms with E-state index in [-0.39, 0.29) is 12.5 Å². The lowest BCUT2D eigenvalue weighted by molar-refractivity contribution is -0.133. The van der Waals surface area contributed by atoms with Gasteiger partial charge < -0.3 is 15.7 Å². The molecule has 1 aromatic carbocycles. The molecular formula is C14H22N2O2. The molecule has 0 heterocycles. The third kappa shape index (κ3) is 4.13. The minimum Gasteiger partial charge on any atom is -0.395 e. The van der Waals surface area contributed by atoms with Crippen LogP contribution in [0.5, 0.6) is 0 Å². The van der Waals surface area contributed by atoms with Crippen LogP contribution in [0, 0.1) is 0 Å². The molecule has 0 aromatic heterocycles. The number of rotatable bonds is 7. The quantitative estimate of drug-likeness (QED) is 0.766. The molecule has 0 aliphatic heterocycles. The predicted octanol–water partition coefficient (Wildman–Crippen LogP) is 1.31. The second-order valence-corrected chi connectivity index (χ2v) is 4.29. The van der Waals surface area contributed by atoms with Crippen molar-refractivity contribution in [2.24, 2.45) is 5.73 Å². The molecule has 100 valence electrons. The molecular weight excluding hydrogens is 228 g/mol. The zero-order valence-corrected chi connectivity index (χ0v) is 10.9. The highest BCUT2D eigenvalue weighted by molar-refractivity contribution is 5.83. The monoisotopic (exact) mass is 250 g/mol. The van der Waals surface area contributed by atoms with Crippen LogP contribution >= 0.6 is 0 Å². The van der Waals surface area contributed by atoms with Crippen molar-refractivity contribution in [3.05, 3.63) is 35.9 Å². The Bertz CT molecular complexity index is 354. The number of carbonyl (C=O) groups is 1. The average molecular weight is 250 g/mol. The molecule has 1 unspecified atom stereocenters. The van der Waals surface area contributed by atoms with E-state index in [1.807, 2.05) is 30.3 Å². The number of hydrogen-bond acceptors (Lipinski definition) is 3. The second-order valence-electron chi connectivity index (χ2n) is 4.29. The van der Waals surface area contributed by atoms with E-state index >= 15 is 0 Å². The molecule has 0 bridgehead atoms. The number of carbonyl (C=O) groups excluding carboxylic acids is 1. The number of unbranched alkanes of at least 4 members (excludes halogenated alkanes) is 1. The number of hydrogen-bond donors (Lipinski definition) is 2. The maximum atomic E-state index is 12.2. The third-order valence-corrected chi connectivity index (χ3v) is 2.89. The Labute approximate surface area is 108 Å². The number of aliphatic hydroxyl groups is 1. The maximum absolute atomic E-state index is 12.2.